The van der Waals surface area contributed by atoms with Gasteiger partial charge in [0.25, 0.3) is 0 Å². The second-order valence-corrected chi connectivity index (χ2v) is 7.92. The molecule has 0 atom stereocenters. The van der Waals surface area contributed by atoms with E-state index in [9.17, 15) is 9.36 Å². The monoisotopic (exact) mass is 266 g/mol. The molecular weight excluding hydrogens is 243 g/mol. The minimum Gasteiger partial charge on any atom is -0.481 e. The van der Waals surface area contributed by atoms with Crippen molar-refractivity contribution >= 4 is 13.6 Å². The van der Waals surface area contributed by atoms with Crippen molar-refractivity contribution in [2.24, 2.45) is 0 Å². The fourth-order valence-corrected chi connectivity index (χ4v) is 3.53. The van der Waals surface area contributed by atoms with Crippen LogP contribution in [0.1, 0.15) is 48.0 Å². The van der Waals surface area contributed by atoms with E-state index in [-0.39, 0.29) is 12.6 Å². The van der Waals surface area contributed by atoms with E-state index in [4.69, 9.17) is 14.2 Å². The maximum Gasteiger partial charge on any atom is 0.332 e. The maximum absolute atomic E-state index is 12.4. The molecule has 0 saturated carbocycles. The van der Waals surface area contributed by atoms with Gasteiger partial charge in [-0.2, -0.15) is 0 Å². The van der Waals surface area contributed by atoms with Gasteiger partial charge in [-0.05, 0) is 41.5 Å². The average Bonchev–Trinajstić information content (AvgIpc) is 1.93. The molecule has 0 unspecified atom stereocenters. The van der Waals surface area contributed by atoms with Crippen molar-refractivity contribution in [3.05, 3.63) is 0 Å². The van der Waals surface area contributed by atoms with Crippen molar-refractivity contribution in [1.82, 2.24) is 0 Å². The average molecular weight is 266 g/mol. The third-order valence-electron chi connectivity index (χ3n) is 1.43. The standard InChI is InChI=1S/C11H23O5P/c1-10(2,3)15-17(14,8-7-9(12)13)16-11(4,5)6/h7-8H2,1-6H3,(H,12,13). The molecule has 1 N–H and O–H groups in total. The number of hydrogen-bond donors (Lipinski definition) is 1. The topological polar surface area (TPSA) is 72.8 Å². The second-order valence-electron chi connectivity index (χ2n) is 5.89. The third kappa shape index (κ3) is 9.33. The van der Waals surface area contributed by atoms with Crippen LogP contribution in [0.25, 0.3) is 0 Å². The van der Waals surface area contributed by atoms with Crippen molar-refractivity contribution in [2.45, 2.75) is 59.2 Å². The van der Waals surface area contributed by atoms with E-state index in [2.05, 4.69) is 0 Å². The van der Waals surface area contributed by atoms with E-state index in [1.54, 1.807) is 41.5 Å². The van der Waals surface area contributed by atoms with Gasteiger partial charge in [-0.1, -0.05) is 0 Å². The molecule has 0 saturated heterocycles. The summed E-state index contributed by atoms with van der Waals surface area (Å²) in [6.07, 6.45) is -0.347. The van der Waals surface area contributed by atoms with E-state index in [0.717, 1.165) is 0 Å². The van der Waals surface area contributed by atoms with Gasteiger partial charge in [0.05, 0.1) is 23.8 Å². The summed E-state index contributed by atoms with van der Waals surface area (Å²) in [5, 5.41) is 8.64. The predicted molar refractivity (Wildman–Crippen MR) is 66.4 cm³/mol. The van der Waals surface area contributed by atoms with Crippen LogP contribution in [0.15, 0.2) is 0 Å². The molecule has 0 fully saturated rings. The second kappa shape index (κ2) is 5.51. The first-order chi connectivity index (χ1) is 7.33. The number of carbonyl (C=O) groups is 1. The van der Waals surface area contributed by atoms with Crippen LogP contribution in [0.3, 0.4) is 0 Å². The molecule has 5 nitrogen and oxygen atoms in total. The number of aliphatic carboxylic acids is 1. The first kappa shape index (κ1) is 16.6. The fraction of sp³-hybridized carbons (Fsp3) is 0.909. The molecule has 17 heavy (non-hydrogen) atoms. The van der Waals surface area contributed by atoms with Crippen molar-refractivity contribution < 1.29 is 23.5 Å². The van der Waals surface area contributed by atoms with E-state index in [1.165, 1.54) is 0 Å². The van der Waals surface area contributed by atoms with Crippen LogP contribution in [-0.4, -0.2) is 28.4 Å². The van der Waals surface area contributed by atoms with Gasteiger partial charge < -0.3 is 14.2 Å². The van der Waals surface area contributed by atoms with E-state index in [1.807, 2.05) is 0 Å². The highest BCUT2D eigenvalue weighted by Gasteiger charge is 2.35. The minimum atomic E-state index is -3.40. The first-order valence-corrected chi connectivity index (χ1v) is 7.28. The van der Waals surface area contributed by atoms with Gasteiger partial charge in [-0.15, -0.1) is 0 Å². The third-order valence-corrected chi connectivity index (χ3v) is 3.85. The maximum atomic E-state index is 12.4. The lowest BCUT2D eigenvalue weighted by Gasteiger charge is -2.31. The minimum absolute atomic E-state index is 0.114. The SMILES string of the molecule is CC(C)(C)OP(=O)(CCC(=O)O)OC(C)(C)C. The Morgan fingerprint density at radius 3 is 1.65 bits per heavy atom. The molecule has 0 radical (unpaired) electrons. The van der Waals surface area contributed by atoms with Gasteiger partial charge in [-0.3, -0.25) is 9.36 Å². The Labute approximate surface area is 103 Å². The molecule has 0 spiro atoms. The van der Waals surface area contributed by atoms with Crippen LogP contribution in [-0.2, 0) is 18.4 Å². The summed E-state index contributed by atoms with van der Waals surface area (Å²) in [6, 6.07) is 0. The summed E-state index contributed by atoms with van der Waals surface area (Å²) in [5.41, 5.74) is -1.28. The van der Waals surface area contributed by atoms with Crippen molar-refractivity contribution in [3.8, 4) is 0 Å². The summed E-state index contributed by atoms with van der Waals surface area (Å²) in [4.78, 5) is 10.5. The molecule has 0 aliphatic carbocycles. The summed E-state index contributed by atoms with van der Waals surface area (Å²) in [7, 11) is -3.40. The Bertz CT molecular complexity index is 291. The zero-order valence-corrected chi connectivity index (χ0v) is 12.3. The zero-order chi connectivity index (χ0) is 13.9. The van der Waals surface area contributed by atoms with Crippen LogP contribution in [0.4, 0.5) is 0 Å². The lowest BCUT2D eigenvalue weighted by Crippen LogP contribution is -2.25. The van der Waals surface area contributed by atoms with Gasteiger partial charge >= 0.3 is 13.6 Å². The molecule has 0 bridgehead atoms. The fourth-order valence-electron chi connectivity index (χ4n) is 1.18. The smallest absolute Gasteiger partial charge is 0.332 e. The van der Waals surface area contributed by atoms with Crippen LogP contribution in [0.5, 0.6) is 0 Å². The van der Waals surface area contributed by atoms with Gasteiger partial charge in [-0.25, -0.2) is 0 Å². The normalized spacial score (nSPS) is 13.8. The van der Waals surface area contributed by atoms with Crippen LogP contribution in [0, 0.1) is 0 Å². The van der Waals surface area contributed by atoms with E-state index >= 15 is 0 Å². The van der Waals surface area contributed by atoms with Crippen LogP contribution in [0.2, 0.25) is 0 Å². The molecule has 0 aromatic carbocycles. The Balaban J connectivity index is 4.82. The number of hydrogen-bond acceptors (Lipinski definition) is 4. The van der Waals surface area contributed by atoms with Gasteiger partial charge in [0.1, 0.15) is 0 Å². The molecule has 0 aromatic rings. The number of rotatable bonds is 5. The molecule has 6 heteroatoms. The summed E-state index contributed by atoms with van der Waals surface area (Å²) in [6.45, 7) is 10.5. The Kier molecular flexibility index (Phi) is 5.38. The molecule has 102 valence electrons. The molecule has 0 amide bonds. The van der Waals surface area contributed by atoms with Crippen molar-refractivity contribution in [1.29, 1.82) is 0 Å². The highest BCUT2D eigenvalue weighted by atomic mass is 31.2. The number of carboxylic acids is 1. The summed E-state index contributed by atoms with van der Waals surface area (Å²) < 4.78 is 23.3. The highest BCUT2D eigenvalue weighted by molar-refractivity contribution is 7.53. The Hall–Kier alpha value is -0.380. The lowest BCUT2D eigenvalue weighted by atomic mass is 10.2. The van der Waals surface area contributed by atoms with Gasteiger partial charge in [0.2, 0.25) is 0 Å². The number of carboxylic acid groups (broad SMARTS) is 1. The van der Waals surface area contributed by atoms with E-state index < -0.39 is 24.8 Å². The Morgan fingerprint density at radius 1 is 1.06 bits per heavy atom. The molecule has 0 aromatic heterocycles. The molecular formula is C11H23O5P. The summed E-state index contributed by atoms with van der Waals surface area (Å²) >= 11 is 0. The molecule has 0 aliphatic heterocycles. The van der Waals surface area contributed by atoms with Gasteiger partial charge in [0, 0.05) is 0 Å². The van der Waals surface area contributed by atoms with Crippen LogP contribution < -0.4 is 0 Å². The highest BCUT2D eigenvalue weighted by Crippen LogP contribution is 2.54. The van der Waals surface area contributed by atoms with E-state index in [0.29, 0.717) is 0 Å². The van der Waals surface area contributed by atoms with Gasteiger partial charge in [0.15, 0.2) is 0 Å². The quantitative estimate of drug-likeness (QED) is 0.773. The predicted octanol–water partition coefficient (Wildman–Crippen LogP) is 3.28. The molecule has 0 aliphatic rings. The van der Waals surface area contributed by atoms with Crippen molar-refractivity contribution in [3.63, 3.8) is 0 Å². The molecule has 0 heterocycles. The zero-order valence-electron chi connectivity index (χ0n) is 11.4. The summed E-state index contributed by atoms with van der Waals surface area (Å²) in [5.74, 6) is -1.01. The lowest BCUT2D eigenvalue weighted by molar-refractivity contribution is -0.136. The Morgan fingerprint density at radius 2 is 1.41 bits per heavy atom. The van der Waals surface area contributed by atoms with Crippen molar-refractivity contribution in [2.75, 3.05) is 6.16 Å². The first-order valence-electron chi connectivity index (χ1n) is 5.55. The molecule has 0 rings (SSSR count). The largest absolute Gasteiger partial charge is 0.481 e. The van der Waals surface area contributed by atoms with Crippen LogP contribution >= 0.6 is 7.60 Å².